The van der Waals surface area contributed by atoms with Crippen molar-refractivity contribution in [1.29, 1.82) is 0 Å². The third-order valence-electron chi connectivity index (χ3n) is 5.56. The fraction of sp³-hybridized carbons (Fsp3) is 0.579. The highest BCUT2D eigenvalue weighted by molar-refractivity contribution is 5.85. The minimum Gasteiger partial charge on any atom is -0.353 e. The molecule has 112 valence electrons. The van der Waals surface area contributed by atoms with Gasteiger partial charge in [-0.3, -0.25) is 0 Å². The van der Waals surface area contributed by atoms with Crippen LogP contribution in [-0.4, -0.2) is 11.0 Å². The van der Waals surface area contributed by atoms with Crippen LogP contribution in [-0.2, 0) is 6.42 Å². The summed E-state index contributed by atoms with van der Waals surface area (Å²) in [5, 5.41) is 4.17. The maximum Gasteiger partial charge on any atom is 0.127 e. The Morgan fingerprint density at radius 2 is 1.90 bits per heavy atom. The number of H-pyrrole nitrogens is 1. The van der Waals surface area contributed by atoms with Gasteiger partial charge in [-0.15, -0.1) is 0 Å². The molecule has 0 spiro atoms. The molecule has 3 N–H and O–H groups in total. The van der Waals surface area contributed by atoms with Gasteiger partial charge in [-0.2, -0.15) is 0 Å². The predicted molar refractivity (Wildman–Crippen MR) is 87.5 cm³/mol. The number of quaternary nitrogens is 1. The number of aromatic nitrogens is 1. The van der Waals surface area contributed by atoms with E-state index in [0.29, 0.717) is 6.04 Å². The molecule has 21 heavy (non-hydrogen) atoms. The molecule has 2 aliphatic carbocycles. The second-order valence-corrected chi connectivity index (χ2v) is 7.16. The Kier molecular flexibility index (Phi) is 3.50. The molecule has 0 aliphatic heterocycles. The highest BCUT2D eigenvalue weighted by Crippen LogP contribution is 2.33. The second-order valence-electron chi connectivity index (χ2n) is 7.16. The largest absolute Gasteiger partial charge is 0.353 e. The van der Waals surface area contributed by atoms with E-state index in [9.17, 15) is 0 Å². The van der Waals surface area contributed by atoms with Crippen molar-refractivity contribution >= 4 is 10.9 Å². The van der Waals surface area contributed by atoms with Crippen LogP contribution in [0.3, 0.4) is 0 Å². The standard InChI is InChI=1S/C19H26N2/c1-13-10-11-17-16(12-13)15-8-5-9-18(19(15)21-17)20-14-6-3-2-4-7-14/h10-12,14,18,20-21H,2-9H2,1H3/p+1. The minimum atomic E-state index is 0.671. The number of aromatic amines is 1. The van der Waals surface area contributed by atoms with E-state index in [0.717, 1.165) is 6.04 Å². The maximum atomic E-state index is 3.75. The molecule has 2 aromatic rings. The summed E-state index contributed by atoms with van der Waals surface area (Å²) < 4.78 is 0. The van der Waals surface area contributed by atoms with Crippen molar-refractivity contribution in [1.82, 2.24) is 4.98 Å². The number of nitrogens with one attached hydrogen (secondary N) is 1. The molecule has 4 rings (SSSR count). The first-order valence-corrected chi connectivity index (χ1v) is 8.77. The van der Waals surface area contributed by atoms with Crippen LogP contribution < -0.4 is 5.32 Å². The van der Waals surface area contributed by atoms with E-state index in [1.165, 1.54) is 73.5 Å². The second kappa shape index (κ2) is 5.49. The molecule has 0 bridgehead atoms. The topological polar surface area (TPSA) is 32.4 Å². The molecule has 0 saturated heterocycles. The van der Waals surface area contributed by atoms with E-state index < -0.39 is 0 Å². The number of hydrogen-bond donors (Lipinski definition) is 2. The third kappa shape index (κ3) is 2.50. The molecule has 0 amide bonds. The summed E-state index contributed by atoms with van der Waals surface area (Å²) in [5.41, 5.74) is 5.86. The molecule has 1 unspecified atom stereocenters. The molecule has 0 radical (unpaired) electrons. The lowest BCUT2D eigenvalue weighted by Gasteiger charge is -2.27. The zero-order valence-corrected chi connectivity index (χ0v) is 13.1. The van der Waals surface area contributed by atoms with E-state index in [1.807, 2.05) is 0 Å². The van der Waals surface area contributed by atoms with E-state index in [4.69, 9.17) is 0 Å². The van der Waals surface area contributed by atoms with Crippen LogP contribution in [0.25, 0.3) is 10.9 Å². The van der Waals surface area contributed by atoms with Gasteiger partial charge in [0.2, 0.25) is 0 Å². The Bertz CT molecular complexity index is 634. The Morgan fingerprint density at radius 1 is 1.05 bits per heavy atom. The van der Waals surface area contributed by atoms with Crippen molar-refractivity contribution in [3.63, 3.8) is 0 Å². The third-order valence-corrected chi connectivity index (χ3v) is 5.56. The van der Waals surface area contributed by atoms with Crippen LogP contribution in [0.2, 0.25) is 0 Å². The monoisotopic (exact) mass is 283 g/mol. The number of hydrogen-bond acceptors (Lipinski definition) is 0. The number of benzene rings is 1. The van der Waals surface area contributed by atoms with Gasteiger partial charge in [-0.1, -0.05) is 18.1 Å². The first-order valence-electron chi connectivity index (χ1n) is 8.77. The SMILES string of the molecule is Cc1ccc2[nH]c3c(c2c1)CCCC3[NH2+]C1CCCCC1. The molecule has 2 aliphatic rings. The molecule has 1 saturated carbocycles. The van der Waals surface area contributed by atoms with Gasteiger partial charge in [-0.05, 0) is 63.1 Å². The average molecular weight is 283 g/mol. The average Bonchev–Trinajstić information content (AvgIpc) is 2.88. The lowest BCUT2D eigenvalue weighted by atomic mass is 9.89. The summed E-state index contributed by atoms with van der Waals surface area (Å²) in [6.07, 6.45) is 11.1. The molecular weight excluding hydrogens is 256 g/mol. The Hall–Kier alpha value is -1.28. The molecule has 1 aromatic carbocycles. The molecular formula is C19H27N2+. The predicted octanol–water partition coefficient (Wildman–Crippen LogP) is 3.75. The summed E-state index contributed by atoms with van der Waals surface area (Å²) >= 11 is 0. The first-order chi connectivity index (χ1) is 10.3. The first kappa shape index (κ1) is 13.4. The van der Waals surface area contributed by atoms with Crippen molar-refractivity contribution in [3.05, 3.63) is 35.0 Å². The van der Waals surface area contributed by atoms with Gasteiger partial charge in [0, 0.05) is 17.3 Å². The molecule has 2 nitrogen and oxygen atoms in total. The molecule has 2 heteroatoms. The molecule has 1 atom stereocenters. The van der Waals surface area contributed by atoms with Crippen LogP contribution in [0.4, 0.5) is 0 Å². The Morgan fingerprint density at radius 3 is 2.76 bits per heavy atom. The number of aryl methyl sites for hydroxylation is 2. The lowest BCUT2D eigenvalue weighted by molar-refractivity contribution is -0.731. The minimum absolute atomic E-state index is 0.671. The van der Waals surface area contributed by atoms with Crippen LogP contribution >= 0.6 is 0 Å². The lowest BCUT2D eigenvalue weighted by Crippen LogP contribution is -2.91. The van der Waals surface area contributed by atoms with E-state index in [2.05, 4.69) is 35.4 Å². The Balaban J connectivity index is 1.65. The smallest absolute Gasteiger partial charge is 0.127 e. The van der Waals surface area contributed by atoms with Crippen molar-refractivity contribution in [2.45, 2.75) is 70.4 Å². The van der Waals surface area contributed by atoms with Crippen LogP contribution in [0.5, 0.6) is 0 Å². The van der Waals surface area contributed by atoms with Crippen molar-refractivity contribution < 1.29 is 5.32 Å². The van der Waals surface area contributed by atoms with Gasteiger partial charge >= 0.3 is 0 Å². The summed E-state index contributed by atoms with van der Waals surface area (Å²) in [5.74, 6) is 0. The highest BCUT2D eigenvalue weighted by atomic mass is 15.0. The van der Waals surface area contributed by atoms with Gasteiger partial charge in [-0.25, -0.2) is 0 Å². The van der Waals surface area contributed by atoms with Crippen molar-refractivity contribution in [3.8, 4) is 0 Å². The fourth-order valence-electron chi connectivity index (χ4n) is 4.46. The number of rotatable bonds is 2. The van der Waals surface area contributed by atoms with Gasteiger partial charge in [0.1, 0.15) is 6.04 Å². The zero-order chi connectivity index (χ0) is 14.2. The quantitative estimate of drug-likeness (QED) is 0.841. The normalized spacial score (nSPS) is 23.4. The van der Waals surface area contributed by atoms with Crippen LogP contribution in [0.1, 0.15) is 67.8 Å². The Labute approximate surface area is 127 Å². The van der Waals surface area contributed by atoms with E-state index in [-0.39, 0.29) is 0 Å². The summed E-state index contributed by atoms with van der Waals surface area (Å²) in [6.45, 7) is 2.20. The van der Waals surface area contributed by atoms with Gasteiger partial charge in [0.05, 0.1) is 11.7 Å². The van der Waals surface area contributed by atoms with Gasteiger partial charge < -0.3 is 10.3 Å². The summed E-state index contributed by atoms with van der Waals surface area (Å²) in [6, 6.07) is 8.39. The van der Waals surface area contributed by atoms with Crippen LogP contribution in [0.15, 0.2) is 18.2 Å². The van der Waals surface area contributed by atoms with Gasteiger partial charge in [0.15, 0.2) is 0 Å². The van der Waals surface area contributed by atoms with E-state index in [1.54, 1.807) is 5.56 Å². The fourth-order valence-corrected chi connectivity index (χ4v) is 4.46. The van der Waals surface area contributed by atoms with Crippen molar-refractivity contribution in [2.75, 3.05) is 0 Å². The summed E-state index contributed by atoms with van der Waals surface area (Å²) in [7, 11) is 0. The van der Waals surface area contributed by atoms with E-state index >= 15 is 0 Å². The summed E-state index contributed by atoms with van der Waals surface area (Å²) in [4.78, 5) is 3.75. The van der Waals surface area contributed by atoms with Crippen molar-refractivity contribution in [2.24, 2.45) is 0 Å². The highest BCUT2D eigenvalue weighted by Gasteiger charge is 2.29. The number of nitrogens with two attached hydrogens (primary N) is 1. The van der Waals surface area contributed by atoms with Gasteiger partial charge in [0.25, 0.3) is 0 Å². The maximum absolute atomic E-state index is 3.75. The molecule has 1 fully saturated rings. The zero-order valence-electron chi connectivity index (χ0n) is 13.1. The van der Waals surface area contributed by atoms with Crippen LogP contribution in [0, 0.1) is 6.92 Å². The number of fused-ring (bicyclic) bond motifs is 3. The molecule has 1 heterocycles. The molecule has 1 aromatic heterocycles.